The van der Waals surface area contributed by atoms with Gasteiger partial charge in [0.25, 0.3) is 0 Å². The Kier molecular flexibility index (Phi) is 10.5. The molecular weight excluding hydrogens is 208 g/mol. The van der Waals surface area contributed by atoms with E-state index >= 15 is 0 Å². The molecule has 0 saturated heterocycles. The molecule has 90 valence electrons. The van der Waals surface area contributed by atoms with Crippen molar-refractivity contribution in [1.82, 2.24) is 5.32 Å². The third-order valence-corrected chi connectivity index (χ3v) is 2.63. The van der Waals surface area contributed by atoms with Crippen LogP contribution < -0.4 is 11.1 Å². The lowest BCUT2D eigenvalue weighted by Gasteiger charge is -2.16. The van der Waals surface area contributed by atoms with E-state index < -0.39 is 0 Å². The molecule has 0 aliphatic carbocycles. The van der Waals surface area contributed by atoms with Crippen molar-refractivity contribution in [2.45, 2.75) is 19.4 Å². The molecule has 0 saturated carbocycles. The van der Waals surface area contributed by atoms with Crippen LogP contribution in [0.4, 0.5) is 0 Å². The van der Waals surface area contributed by atoms with Crippen LogP contribution in [0.15, 0.2) is 12.2 Å². The van der Waals surface area contributed by atoms with Gasteiger partial charge in [-0.3, -0.25) is 0 Å². The van der Waals surface area contributed by atoms with Gasteiger partial charge in [0.2, 0.25) is 0 Å². The molecule has 3 N–H and O–H groups in total. The molecule has 4 heteroatoms. The highest BCUT2D eigenvalue weighted by Gasteiger charge is 2.03. The van der Waals surface area contributed by atoms with Crippen LogP contribution in [-0.2, 0) is 4.74 Å². The highest BCUT2D eigenvalue weighted by molar-refractivity contribution is 7.98. The van der Waals surface area contributed by atoms with Crippen LogP contribution in [0.25, 0.3) is 0 Å². The smallest absolute Gasteiger partial charge is 0.0672 e. The minimum atomic E-state index is 0.422. The lowest BCUT2D eigenvalue weighted by molar-refractivity contribution is 0.155. The molecule has 0 fully saturated rings. The van der Waals surface area contributed by atoms with Crippen LogP contribution in [0.2, 0.25) is 0 Å². The Morgan fingerprint density at radius 2 is 2.33 bits per heavy atom. The molecule has 0 aromatic carbocycles. The highest BCUT2D eigenvalue weighted by atomic mass is 32.2. The first-order chi connectivity index (χ1) is 7.20. The zero-order valence-electron chi connectivity index (χ0n) is 9.92. The van der Waals surface area contributed by atoms with Gasteiger partial charge < -0.3 is 15.8 Å². The molecule has 3 nitrogen and oxygen atoms in total. The van der Waals surface area contributed by atoms with E-state index in [1.54, 1.807) is 0 Å². The fraction of sp³-hybridized carbons (Fsp3) is 0.818. The van der Waals surface area contributed by atoms with Gasteiger partial charge in [-0.05, 0) is 25.4 Å². The monoisotopic (exact) mass is 232 g/mol. The second-order valence-electron chi connectivity index (χ2n) is 3.68. The van der Waals surface area contributed by atoms with Gasteiger partial charge in [0.1, 0.15) is 0 Å². The topological polar surface area (TPSA) is 47.3 Å². The predicted octanol–water partition coefficient (Wildman–Crippen LogP) is 1.25. The largest absolute Gasteiger partial charge is 0.376 e. The average Bonchev–Trinajstić information content (AvgIpc) is 2.21. The minimum Gasteiger partial charge on any atom is -0.376 e. The van der Waals surface area contributed by atoms with Crippen LogP contribution in [-0.4, -0.2) is 44.4 Å². The third kappa shape index (κ3) is 10.3. The zero-order valence-corrected chi connectivity index (χ0v) is 10.7. The van der Waals surface area contributed by atoms with E-state index in [4.69, 9.17) is 10.5 Å². The number of nitrogens with two attached hydrogens (primary N) is 1. The molecule has 0 heterocycles. The zero-order chi connectivity index (χ0) is 11.5. The maximum Gasteiger partial charge on any atom is 0.0672 e. The summed E-state index contributed by atoms with van der Waals surface area (Å²) in [6.07, 6.45) is 3.24. The van der Waals surface area contributed by atoms with Gasteiger partial charge in [0.05, 0.1) is 13.2 Å². The van der Waals surface area contributed by atoms with Crippen molar-refractivity contribution in [3.05, 3.63) is 12.2 Å². The molecule has 0 aliphatic rings. The lowest BCUT2D eigenvalue weighted by atomic mass is 10.2. The predicted molar refractivity (Wildman–Crippen MR) is 69.5 cm³/mol. The molecule has 0 bridgehead atoms. The van der Waals surface area contributed by atoms with Crippen LogP contribution in [0, 0.1) is 0 Å². The number of rotatable bonds is 10. The van der Waals surface area contributed by atoms with Gasteiger partial charge in [0.15, 0.2) is 0 Å². The fourth-order valence-corrected chi connectivity index (χ4v) is 1.67. The Bertz CT molecular complexity index is 165. The van der Waals surface area contributed by atoms with Crippen molar-refractivity contribution in [1.29, 1.82) is 0 Å². The summed E-state index contributed by atoms with van der Waals surface area (Å²) >= 11 is 1.85. The Balaban J connectivity index is 3.33. The summed E-state index contributed by atoms with van der Waals surface area (Å²) in [7, 11) is 0. The molecule has 0 rings (SSSR count). The Labute approximate surface area is 97.8 Å². The minimum absolute atomic E-state index is 0.422. The van der Waals surface area contributed by atoms with E-state index in [1.807, 2.05) is 18.7 Å². The highest BCUT2D eigenvalue weighted by Crippen LogP contribution is 1.99. The van der Waals surface area contributed by atoms with E-state index in [-0.39, 0.29) is 0 Å². The summed E-state index contributed by atoms with van der Waals surface area (Å²) in [6, 6.07) is 0.422. The normalized spacial score (nSPS) is 12.7. The van der Waals surface area contributed by atoms with Gasteiger partial charge in [-0.15, -0.1) is 0 Å². The molecule has 0 amide bonds. The van der Waals surface area contributed by atoms with Crippen molar-refractivity contribution in [2.75, 3.05) is 38.3 Å². The SMILES string of the molecule is C=C(C)COCCNC(CN)CCSC. The molecule has 1 unspecified atom stereocenters. The first-order valence-electron chi connectivity index (χ1n) is 5.35. The second-order valence-corrected chi connectivity index (χ2v) is 4.66. The third-order valence-electron chi connectivity index (χ3n) is 1.98. The molecule has 0 aliphatic heterocycles. The summed E-state index contributed by atoms with van der Waals surface area (Å²) < 4.78 is 5.39. The molecule has 1 atom stereocenters. The van der Waals surface area contributed by atoms with Gasteiger partial charge in [-0.2, -0.15) is 11.8 Å². The molecular formula is C11H24N2OS. The molecule has 0 radical (unpaired) electrons. The average molecular weight is 232 g/mol. The van der Waals surface area contributed by atoms with E-state index in [1.165, 1.54) is 0 Å². The number of thioether (sulfide) groups is 1. The standard InChI is InChI=1S/C11H24N2OS/c1-10(2)9-14-6-5-13-11(8-12)4-7-15-3/h11,13H,1,4-9,12H2,2-3H3. The molecule has 15 heavy (non-hydrogen) atoms. The summed E-state index contributed by atoms with van der Waals surface area (Å²) in [5.74, 6) is 1.15. The van der Waals surface area contributed by atoms with E-state index in [0.717, 1.165) is 30.9 Å². The van der Waals surface area contributed by atoms with Gasteiger partial charge in [0, 0.05) is 19.1 Å². The molecule has 0 aromatic heterocycles. The summed E-state index contributed by atoms with van der Waals surface area (Å²) in [5, 5.41) is 3.38. The van der Waals surface area contributed by atoms with Crippen molar-refractivity contribution in [3.8, 4) is 0 Å². The fourth-order valence-electron chi connectivity index (χ4n) is 1.14. The second kappa shape index (κ2) is 10.5. The van der Waals surface area contributed by atoms with Gasteiger partial charge >= 0.3 is 0 Å². The van der Waals surface area contributed by atoms with Gasteiger partial charge in [-0.25, -0.2) is 0 Å². The van der Waals surface area contributed by atoms with Crippen LogP contribution >= 0.6 is 11.8 Å². The van der Waals surface area contributed by atoms with E-state index in [0.29, 0.717) is 19.2 Å². The first-order valence-corrected chi connectivity index (χ1v) is 6.74. The van der Waals surface area contributed by atoms with Crippen molar-refractivity contribution < 1.29 is 4.74 Å². The van der Waals surface area contributed by atoms with Crippen LogP contribution in [0.3, 0.4) is 0 Å². The number of ether oxygens (including phenoxy) is 1. The van der Waals surface area contributed by atoms with E-state index in [2.05, 4.69) is 18.2 Å². The van der Waals surface area contributed by atoms with Crippen molar-refractivity contribution in [3.63, 3.8) is 0 Å². The van der Waals surface area contributed by atoms with Crippen molar-refractivity contribution >= 4 is 11.8 Å². The quantitative estimate of drug-likeness (QED) is 0.439. The summed E-state index contributed by atoms with van der Waals surface area (Å²) in [4.78, 5) is 0. The first kappa shape index (κ1) is 15.0. The maximum atomic E-state index is 5.65. The number of hydrogen-bond donors (Lipinski definition) is 2. The molecule has 0 spiro atoms. The Morgan fingerprint density at radius 3 is 2.87 bits per heavy atom. The van der Waals surface area contributed by atoms with Crippen molar-refractivity contribution in [2.24, 2.45) is 5.73 Å². The van der Waals surface area contributed by atoms with Gasteiger partial charge in [-0.1, -0.05) is 12.2 Å². The van der Waals surface area contributed by atoms with Crippen LogP contribution in [0.5, 0.6) is 0 Å². The summed E-state index contributed by atoms with van der Waals surface area (Å²) in [6.45, 7) is 8.68. The van der Waals surface area contributed by atoms with Crippen LogP contribution in [0.1, 0.15) is 13.3 Å². The molecule has 0 aromatic rings. The summed E-state index contributed by atoms with van der Waals surface area (Å²) in [5.41, 5.74) is 6.71. The van der Waals surface area contributed by atoms with E-state index in [9.17, 15) is 0 Å². The number of nitrogens with one attached hydrogen (secondary N) is 1. The Hall–Kier alpha value is -0.0300. The number of hydrogen-bond acceptors (Lipinski definition) is 4. The maximum absolute atomic E-state index is 5.65. The Morgan fingerprint density at radius 1 is 1.60 bits per heavy atom. The lowest BCUT2D eigenvalue weighted by Crippen LogP contribution is -2.38.